The van der Waals surface area contributed by atoms with Crippen LogP contribution in [0.4, 0.5) is 0 Å². The van der Waals surface area contributed by atoms with E-state index in [4.69, 9.17) is 10.7 Å². The predicted octanol–water partition coefficient (Wildman–Crippen LogP) is 3.15. The summed E-state index contributed by atoms with van der Waals surface area (Å²) in [5.41, 5.74) is 8.63. The van der Waals surface area contributed by atoms with Crippen molar-refractivity contribution >= 4 is 10.9 Å². The molecule has 3 unspecified atom stereocenters. The second kappa shape index (κ2) is 4.31. The summed E-state index contributed by atoms with van der Waals surface area (Å²) in [7, 11) is 0. The number of nitrogens with zero attached hydrogens (tertiary/aromatic N) is 1. The first kappa shape index (κ1) is 11.4. The molecule has 0 bridgehead atoms. The fraction of sp³-hybridized carbons (Fsp3) is 0.471. The number of pyridine rings is 1. The summed E-state index contributed by atoms with van der Waals surface area (Å²) in [5, 5.41) is 1.21. The van der Waals surface area contributed by atoms with Gasteiger partial charge in [0.25, 0.3) is 0 Å². The molecule has 0 aliphatic heterocycles. The number of hydrogen-bond acceptors (Lipinski definition) is 2. The Kier molecular flexibility index (Phi) is 2.59. The maximum atomic E-state index is 6.40. The molecule has 2 aliphatic carbocycles. The quantitative estimate of drug-likeness (QED) is 0.911. The van der Waals surface area contributed by atoms with Crippen LogP contribution in [0.5, 0.6) is 0 Å². The topological polar surface area (TPSA) is 38.9 Å². The van der Waals surface area contributed by atoms with Crippen LogP contribution in [0.15, 0.2) is 36.4 Å². The summed E-state index contributed by atoms with van der Waals surface area (Å²) in [6, 6.07) is 12.9. The molecule has 0 spiro atoms. The molecule has 1 aromatic heterocycles. The minimum absolute atomic E-state index is 0.293. The maximum absolute atomic E-state index is 6.40. The molecule has 2 saturated carbocycles. The van der Waals surface area contributed by atoms with Gasteiger partial charge in [-0.15, -0.1) is 0 Å². The van der Waals surface area contributed by atoms with Crippen molar-refractivity contribution in [2.45, 2.75) is 31.7 Å². The van der Waals surface area contributed by atoms with Crippen molar-refractivity contribution < 1.29 is 0 Å². The second-order valence-electron chi connectivity index (χ2n) is 6.35. The second-order valence-corrected chi connectivity index (χ2v) is 6.35. The van der Waals surface area contributed by atoms with Crippen LogP contribution in [0.1, 0.15) is 25.0 Å². The first-order chi connectivity index (χ1) is 9.29. The monoisotopic (exact) mass is 252 g/mol. The third-order valence-corrected chi connectivity index (χ3v) is 4.99. The zero-order valence-electron chi connectivity index (χ0n) is 11.1. The molecule has 0 saturated heterocycles. The van der Waals surface area contributed by atoms with Crippen molar-refractivity contribution in [2.75, 3.05) is 0 Å². The minimum atomic E-state index is 0.293. The van der Waals surface area contributed by atoms with E-state index in [0.29, 0.717) is 6.04 Å². The SMILES string of the molecule is NC(Cc1ccc2ccccc2n1)C1CC2CC2C1. The van der Waals surface area contributed by atoms with Crippen LogP contribution in [0.3, 0.4) is 0 Å². The van der Waals surface area contributed by atoms with Gasteiger partial charge in [-0.2, -0.15) is 0 Å². The molecule has 2 heteroatoms. The summed E-state index contributed by atoms with van der Waals surface area (Å²) in [4.78, 5) is 4.74. The van der Waals surface area contributed by atoms with Crippen molar-refractivity contribution in [3.05, 3.63) is 42.1 Å². The third kappa shape index (κ3) is 2.14. The van der Waals surface area contributed by atoms with E-state index in [9.17, 15) is 0 Å². The first-order valence-corrected chi connectivity index (χ1v) is 7.40. The molecule has 1 heterocycles. The third-order valence-electron chi connectivity index (χ3n) is 4.99. The number of benzene rings is 1. The van der Waals surface area contributed by atoms with Gasteiger partial charge in [0.1, 0.15) is 0 Å². The molecule has 1 aromatic carbocycles. The van der Waals surface area contributed by atoms with Crippen LogP contribution in [0.25, 0.3) is 10.9 Å². The van der Waals surface area contributed by atoms with E-state index in [1.807, 2.05) is 6.07 Å². The molecule has 2 fully saturated rings. The maximum Gasteiger partial charge on any atom is 0.0705 e. The van der Waals surface area contributed by atoms with Gasteiger partial charge < -0.3 is 5.73 Å². The Labute approximate surface area is 114 Å². The number of fused-ring (bicyclic) bond motifs is 2. The number of hydrogen-bond donors (Lipinski definition) is 1. The molecule has 2 nitrogen and oxygen atoms in total. The Hall–Kier alpha value is -1.41. The summed E-state index contributed by atoms with van der Waals surface area (Å²) >= 11 is 0. The van der Waals surface area contributed by atoms with Gasteiger partial charge in [0, 0.05) is 23.5 Å². The van der Waals surface area contributed by atoms with E-state index in [0.717, 1.165) is 35.4 Å². The molecule has 19 heavy (non-hydrogen) atoms. The lowest BCUT2D eigenvalue weighted by Crippen LogP contribution is -2.31. The number of rotatable bonds is 3. The molecule has 4 rings (SSSR count). The van der Waals surface area contributed by atoms with Gasteiger partial charge in [-0.05, 0) is 49.1 Å². The standard InChI is InChI=1S/C17H20N2/c18-16(14-8-12-7-13(12)9-14)10-15-6-5-11-3-1-2-4-17(11)19-15/h1-6,12-14,16H,7-10,18H2. The lowest BCUT2D eigenvalue weighted by Gasteiger charge is -2.20. The Morgan fingerprint density at radius 2 is 1.84 bits per heavy atom. The van der Waals surface area contributed by atoms with Crippen LogP contribution in [-0.2, 0) is 6.42 Å². The molecule has 0 amide bonds. The van der Waals surface area contributed by atoms with E-state index in [2.05, 4.69) is 30.3 Å². The van der Waals surface area contributed by atoms with Gasteiger partial charge in [-0.1, -0.05) is 24.3 Å². The van der Waals surface area contributed by atoms with E-state index in [1.54, 1.807) is 0 Å². The van der Waals surface area contributed by atoms with Crippen molar-refractivity contribution in [1.82, 2.24) is 4.98 Å². The van der Waals surface area contributed by atoms with Crippen LogP contribution in [0, 0.1) is 17.8 Å². The molecule has 98 valence electrons. The van der Waals surface area contributed by atoms with E-state index < -0.39 is 0 Å². The Balaban J connectivity index is 1.51. The summed E-state index contributed by atoms with van der Waals surface area (Å²) in [6.45, 7) is 0. The lowest BCUT2D eigenvalue weighted by atomic mass is 9.92. The van der Waals surface area contributed by atoms with Gasteiger partial charge in [0.2, 0.25) is 0 Å². The minimum Gasteiger partial charge on any atom is -0.327 e. The zero-order valence-corrected chi connectivity index (χ0v) is 11.1. The van der Waals surface area contributed by atoms with Gasteiger partial charge in [0.05, 0.1) is 5.52 Å². The highest BCUT2D eigenvalue weighted by Crippen LogP contribution is 2.55. The number of nitrogens with two attached hydrogens (primary N) is 1. The van der Waals surface area contributed by atoms with Gasteiger partial charge in [-0.3, -0.25) is 4.98 Å². The molecular formula is C17H20N2. The largest absolute Gasteiger partial charge is 0.327 e. The first-order valence-electron chi connectivity index (χ1n) is 7.40. The van der Waals surface area contributed by atoms with Crippen LogP contribution in [-0.4, -0.2) is 11.0 Å². The Morgan fingerprint density at radius 1 is 1.05 bits per heavy atom. The highest BCUT2D eigenvalue weighted by Gasteiger charge is 2.47. The lowest BCUT2D eigenvalue weighted by molar-refractivity contribution is 0.390. The van der Waals surface area contributed by atoms with Crippen molar-refractivity contribution in [1.29, 1.82) is 0 Å². The molecule has 2 aliphatic rings. The predicted molar refractivity (Wildman–Crippen MR) is 77.7 cm³/mol. The van der Waals surface area contributed by atoms with Crippen LogP contribution in [0.2, 0.25) is 0 Å². The van der Waals surface area contributed by atoms with E-state index >= 15 is 0 Å². The van der Waals surface area contributed by atoms with Crippen LogP contribution >= 0.6 is 0 Å². The van der Waals surface area contributed by atoms with Crippen molar-refractivity contribution in [2.24, 2.45) is 23.5 Å². The van der Waals surface area contributed by atoms with E-state index in [-0.39, 0.29) is 0 Å². The highest BCUT2D eigenvalue weighted by atomic mass is 14.7. The van der Waals surface area contributed by atoms with Crippen LogP contribution < -0.4 is 5.73 Å². The van der Waals surface area contributed by atoms with Crippen molar-refractivity contribution in [3.63, 3.8) is 0 Å². The summed E-state index contributed by atoms with van der Waals surface area (Å²) < 4.78 is 0. The fourth-order valence-electron chi connectivity index (χ4n) is 3.74. The smallest absolute Gasteiger partial charge is 0.0705 e. The number of para-hydroxylation sites is 1. The zero-order chi connectivity index (χ0) is 12.8. The molecule has 3 atom stereocenters. The van der Waals surface area contributed by atoms with E-state index in [1.165, 1.54) is 24.6 Å². The Bertz CT molecular complexity index is 597. The average Bonchev–Trinajstić information content (AvgIpc) is 3.05. The molecule has 2 aromatic rings. The average molecular weight is 252 g/mol. The van der Waals surface area contributed by atoms with Gasteiger partial charge in [-0.25, -0.2) is 0 Å². The highest BCUT2D eigenvalue weighted by molar-refractivity contribution is 5.78. The van der Waals surface area contributed by atoms with Gasteiger partial charge in [0.15, 0.2) is 0 Å². The Morgan fingerprint density at radius 3 is 2.68 bits per heavy atom. The summed E-state index contributed by atoms with van der Waals surface area (Å²) in [6.07, 6.45) is 5.12. The molecule has 2 N–H and O–H groups in total. The van der Waals surface area contributed by atoms with Gasteiger partial charge >= 0.3 is 0 Å². The summed E-state index contributed by atoms with van der Waals surface area (Å²) in [5.74, 6) is 2.76. The number of aromatic nitrogens is 1. The molecular weight excluding hydrogens is 232 g/mol. The molecule has 0 radical (unpaired) electrons. The van der Waals surface area contributed by atoms with Crippen molar-refractivity contribution in [3.8, 4) is 0 Å². The fourth-order valence-corrected chi connectivity index (χ4v) is 3.74. The normalized spacial score (nSPS) is 30.3.